The van der Waals surface area contributed by atoms with Crippen molar-refractivity contribution >= 4 is 17.1 Å². The molecule has 1 amide bonds. The van der Waals surface area contributed by atoms with Crippen molar-refractivity contribution in [2.45, 2.75) is 19.6 Å². The molecule has 0 aliphatic rings. The van der Waals surface area contributed by atoms with Crippen LogP contribution in [0.4, 0.5) is 18.9 Å². The van der Waals surface area contributed by atoms with Crippen molar-refractivity contribution in [3.8, 4) is 11.3 Å². The second-order valence-corrected chi connectivity index (χ2v) is 6.95. The van der Waals surface area contributed by atoms with Gasteiger partial charge in [0.2, 0.25) is 5.91 Å². The molecule has 0 fully saturated rings. The van der Waals surface area contributed by atoms with Gasteiger partial charge in [-0.15, -0.1) is 0 Å². The lowest BCUT2D eigenvalue weighted by Crippen LogP contribution is -2.30. The number of hydrogen-bond acceptors (Lipinski definition) is 4. The number of aryl methyl sites for hydroxylation is 1. The Bertz CT molecular complexity index is 1320. The summed E-state index contributed by atoms with van der Waals surface area (Å²) >= 11 is 0. The second-order valence-electron chi connectivity index (χ2n) is 6.95. The van der Waals surface area contributed by atoms with E-state index in [1.165, 1.54) is 23.0 Å². The monoisotopic (exact) mass is 427 g/mol. The zero-order valence-corrected chi connectivity index (χ0v) is 16.2. The molecule has 0 aliphatic carbocycles. The Morgan fingerprint density at radius 3 is 2.55 bits per heavy atom. The quantitative estimate of drug-likeness (QED) is 0.540. The van der Waals surface area contributed by atoms with Crippen LogP contribution >= 0.6 is 0 Å². The zero-order chi connectivity index (χ0) is 22.2. The summed E-state index contributed by atoms with van der Waals surface area (Å²) in [7, 11) is 0. The molecule has 0 atom stereocenters. The SMILES string of the molecule is Cc1ccc(-c2cc3c(=O)n(CC(=O)Nc4cccc(C(F)(F)F)c4)ncn3n2)cc1. The molecule has 158 valence electrons. The van der Waals surface area contributed by atoms with Crippen molar-refractivity contribution in [3.63, 3.8) is 0 Å². The lowest BCUT2D eigenvalue weighted by Gasteiger charge is -2.10. The molecule has 2 aromatic heterocycles. The Balaban J connectivity index is 1.56. The number of halogens is 3. The number of amides is 1. The summed E-state index contributed by atoms with van der Waals surface area (Å²) in [6.07, 6.45) is -3.23. The highest BCUT2D eigenvalue weighted by atomic mass is 19.4. The number of fused-ring (bicyclic) bond motifs is 1. The average molecular weight is 427 g/mol. The number of nitrogens with one attached hydrogen (secondary N) is 1. The van der Waals surface area contributed by atoms with Gasteiger partial charge >= 0.3 is 6.18 Å². The van der Waals surface area contributed by atoms with Crippen LogP contribution in [0.2, 0.25) is 0 Å². The zero-order valence-electron chi connectivity index (χ0n) is 16.2. The van der Waals surface area contributed by atoms with Gasteiger partial charge in [-0.05, 0) is 31.2 Å². The molecule has 0 saturated carbocycles. The van der Waals surface area contributed by atoms with Gasteiger partial charge in [0, 0.05) is 11.3 Å². The first-order valence-corrected chi connectivity index (χ1v) is 9.20. The van der Waals surface area contributed by atoms with Crippen LogP contribution < -0.4 is 10.9 Å². The number of alkyl halides is 3. The number of carbonyl (C=O) groups is 1. The molecule has 0 bridgehead atoms. The van der Waals surface area contributed by atoms with Crippen LogP contribution in [0.5, 0.6) is 0 Å². The molecule has 7 nitrogen and oxygen atoms in total. The molecule has 0 unspecified atom stereocenters. The van der Waals surface area contributed by atoms with Gasteiger partial charge < -0.3 is 5.32 Å². The molecule has 0 spiro atoms. The number of rotatable bonds is 4. The van der Waals surface area contributed by atoms with Crippen LogP contribution in [0.1, 0.15) is 11.1 Å². The van der Waals surface area contributed by atoms with E-state index in [0.717, 1.165) is 27.9 Å². The number of benzene rings is 2. The summed E-state index contributed by atoms with van der Waals surface area (Å²) in [5, 5.41) is 10.6. The predicted molar refractivity (Wildman–Crippen MR) is 107 cm³/mol. The molecule has 1 N–H and O–H groups in total. The van der Waals surface area contributed by atoms with E-state index in [2.05, 4.69) is 15.5 Å². The topological polar surface area (TPSA) is 81.3 Å². The first-order chi connectivity index (χ1) is 14.7. The Morgan fingerprint density at radius 1 is 1.10 bits per heavy atom. The summed E-state index contributed by atoms with van der Waals surface area (Å²) in [6, 6.07) is 13.4. The number of anilines is 1. The fraction of sp³-hybridized carbons (Fsp3) is 0.143. The van der Waals surface area contributed by atoms with Gasteiger partial charge in [0.05, 0.1) is 11.3 Å². The van der Waals surface area contributed by atoms with E-state index >= 15 is 0 Å². The molecule has 31 heavy (non-hydrogen) atoms. The third-order valence-corrected chi connectivity index (χ3v) is 4.60. The third kappa shape index (κ3) is 4.32. The molecule has 0 radical (unpaired) electrons. The molecule has 4 rings (SSSR count). The number of nitrogens with zero attached hydrogens (tertiary/aromatic N) is 4. The molecule has 4 aromatic rings. The predicted octanol–water partition coefficient (Wildman–Crippen LogP) is 3.52. The van der Waals surface area contributed by atoms with Gasteiger partial charge in [0.25, 0.3) is 5.56 Å². The third-order valence-electron chi connectivity index (χ3n) is 4.60. The van der Waals surface area contributed by atoms with E-state index < -0.39 is 29.8 Å². The molecule has 2 heterocycles. The number of aromatic nitrogens is 4. The van der Waals surface area contributed by atoms with Gasteiger partial charge in [-0.2, -0.15) is 23.4 Å². The first-order valence-electron chi connectivity index (χ1n) is 9.20. The van der Waals surface area contributed by atoms with Crippen molar-refractivity contribution in [1.29, 1.82) is 0 Å². The average Bonchev–Trinajstić information content (AvgIpc) is 3.15. The lowest BCUT2D eigenvalue weighted by atomic mass is 10.1. The normalized spacial score (nSPS) is 11.6. The molecule has 0 saturated heterocycles. The Hall–Kier alpha value is -3.95. The maximum absolute atomic E-state index is 12.8. The van der Waals surface area contributed by atoms with Crippen LogP contribution in [0, 0.1) is 6.92 Å². The van der Waals surface area contributed by atoms with Crippen LogP contribution in [0.25, 0.3) is 16.8 Å². The second kappa shape index (κ2) is 7.71. The summed E-state index contributed by atoms with van der Waals surface area (Å²) in [6.45, 7) is 1.50. The standard InChI is InChI=1S/C21H16F3N5O2/c1-13-5-7-14(8-6-13)17-10-18-20(31)28(25-12-29(18)27-17)11-19(30)26-16-4-2-3-15(9-16)21(22,23)24/h2-10,12H,11H2,1H3,(H,26,30). The maximum atomic E-state index is 12.8. The van der Waals surface area contributed by atoms with E-state index in [1.807, 2.05) is 31.2 Å². The van der Waals surface area contributed by atoms with Gasteiger partial charge in [0.1, 0.15) is 18.4 Å². The fourth-order valence-electron chi connectivity index (χ4n) is 3.03. The van der Waals surface area contributed by atoms with Crippen molar-refractivity contribution in [3.05, 3.63) is 82.4 Å². The lowest BCUT2D eigenvalue weighted by molar-refractivity contribution is -0.137. The van der Waals surface area contributed by atoms with Crippen LogP contribution in [0.15, 0.2) is 65.7 Å². The van der Waals surface area contributed by atoms with Crippen molar-refractivity contribution in [2.75, 3.05) is 5.32 Å². The number of carbonyl (C=O) groups excluding carboxylic acids is 1. The highest BCUT2D eigenvalue weighted by Gasteiger charge is 2.30. The van der Waals surface area contributed by atoms with Gasteiger partial charge in [-0.25, -0.2) is 9.20 Å². The van der Waals surface area contributed by atoms with Gasteiger partial charge in [-0.3, -0.25) is 9.59 Å². The number of hydrogen-bond donors (Lipinski definition) is 1. The fourth-order valence-corrected chi connectivity index (χ4v) is 3.03. The summed E-state index contributed by atoms with van der Waals surface area (Å²) in [5.41, 5.74) is 1.24. The van der Waals surface area contributed by atoms with Crippen LogP contribution in [-0.4, -0.2) is 25.3 Å². The highest BCUT2D eigenvalue weighted by molar-refractivity contribution is 5.90. The molecule has 0 aliphatic heterocycles. The van der Waals surface area contributed by atoms with Crippen molar-refractivity contribution < 1.29 is 18.0 Å². The van der Waals surface area contributed by atoms with Crippen molar-refractivity contribution in [2.24, 2.45) is 0 Å². The van der Waals surface area contributed by atoms with E-state index in [1.54, 1.807) is 6.07 Å². The van der Waals surface area contributed by atoms with E-state index in [0.29, 0.717) is 5.69 Å². The Labute approximate surface area is 173 Å². The minimum absolute atomic E-state index is 0.0278. The minimum atomic E-state index is -4.53. The summed E-state index contributed by atoms with van der Waals surface area (Å²) in [4.78, 5) is 25.0. The molecule has 10 heteroatoms. The van der Waals surface area contributed by atoms with Gasteiger partial charge in [-0.1, -0.05) is 35.9 Å². The smallest absolute Gasteiger partial charge is 0.324 e. The Morgan fingerprint density at radius 2 is 1.84 bits per heavy atom. The maximum Gasteiger partial charge on any atom is 0.416 e. The van der Waals surface area contributed by atoms with Gasteiger partial charge in [0.15, 0.2) is 0 Å². The molecular formula is C21H16F3N5O2. The largest absolute Gasteiger partial charge is 0.416 e. The van der Waals surface area contributed by atoms with E-state index in [9.17, 15) is 22.8 Å². The van der Waals surface area contributed by atoms with Crippen LogP contribution in [-0.2, 0) is 17.5 Å². The Kier molecular flexibility index (Phi) is 5.05. The van der Waals surface area contributed by atoms with Crippen molar-refractivity contribution in [1.82, 2.24) is 19.4 Å². The molecular weight excluding hydrogens is 411 g/mol. The van der Waals surface area contributed by atoms with E-state index in [-0.39, 0.29) is 11.2 Å². The van der Waals surface area contributed by atoms with Crippen LogP contribution in [0.3, 0.4) is 0 Å². The first kappa shape index (κ1) is 20.3. The van der Waals surface area contributed by atoms with E-state index in [4.69, 9.17) is 0 Å². The molecule has 2 aromatic carbocycles. The highest BCUT2D eigenvalue weighted by Crippen LogP contribution is 2.30. The summed E-state index contributed by atoms with van der Waals surface area (Å²) in [5.74, 6) is -0.684. The minimum Gasteiger partial charge on any atom is -0.324 e. The summed E-state index contributed by atoms with van der Waals surface area (Å²) < 4.78 is 40.7.